The fourth-order valence-corrected chi connectivity index (χ4v) is 2.46. The summed E-state index contributed by atoms with van der Waals surface area (Å²) < 4.78 is 13.9. The quantitative estimate of drug-likeness (QED) is 0.873. The molecule has 1 saturated heterocycles. The van der Waals surface area contributed by atoms with E-state index >= 15 is 0 Å². The molecule has 1 aliphatic heterocycles. The second-order valence-electron chi connectivity index (χ2n) is 4.87. The first-order valence-corrected chi connectivity index (χ1v) is 6.24. The summed E-state index contributed by atoms with van der Waals surface area (Å²) in [5.74, 6) is -0.172. The van der Waals surface area contributed by atoms with Crippen molar-refractivity contribution in [3.05, 3.63) is 29.6 Å². The molecule has 1 aromatic carbocycles. The van der Waals surface area contributed by atoms with E-state index in [1.807, 2.05) is 11.0 Å². The number of halogens is 1. The number of anilines is 1. The lowest BCUT2D eigenvalue weighted by atomic mass is 9.93. The maximum absolute atomic E-state index is 13.9. The fourth-order valence-electron chi connectivity index (χ4n) is 2.46. The van der Waals surface area contributed by atoms with Crippen molar-refractivity contribution < 1.29 is 9.50 Å². The van der Waals surface area contributed by atoms with Crippen molar-refractivity contribution >= 4 is 5.69 Å². The van der Waals surface area contributed by atoms with Crippen LogP contribution < -0.4 is 4.90 Å². The molecule has 0 radical (unpaired) electrons. The number of hydrogen-bond donors (Lipinski definition) is 1. The third-order valence-corrected chi connectivity index (χ3v) is 3.56. The van der Waals surface area contributed by atoms with E-state index in [2.05, 4.69) is 0 Å². The van der Waals surface area contributed by atoms with Gasteiger partial charge in [-0.3, -0.25) is 0 Å². The van der Waals surface area contributed by atoms with Crippen LogP contribution >= 0.6 is 0 Å². The Bertz CT molecular complexity index is 467. The molecule has 0 aliphatic carbocycles. The normalized spacial score (nSPS) is 21.4. The van der Waals surface area contributed by atoms with Gasteiger partial charge in [0, 0.05) is 19.0 Å². The predicted molar refractivity (Wildman–Crippen MR) is 67.7 cm³/mol. The van der Waals surface area contributed by atoms with Gasteiger partial charge in [0.25, 0.3) is 0 Å². The molecule has 0 bridgehead atoms. The van der Waals surface area contributed by atoms with Crippen LogP contribution in [0.5, 0.6) is 0 Å². The van der Waals surface area contributed by atoms with E-state index in [0.29, 0.717) is 17.8 Å². The molecule has 1 N–H and O–H groups in total. The Labute approximate surface area is 106 Å². The highest BCUT2D eigenvalue weighted by molar-refractivity contribution is 5.51. The molecule has 1 fully saturated rings. The van der Waals surface area contributed by atoms with Crippen molar-refractivity contribution in [3.8, 4) is 6.07 Å². The van der Waals surface area contributed by atoms with Crippen LogP contribution in [-0.2, 0) is 0 Å². The lowest BCUT2D eigenvalue weighted by Gasteiger charge is -2.35. The molecule has 2 atom stereocenters. The van der Waals surface area contributed by atoms with Crippen LogP contribution in [0.25, 0.3) is 0 Å². The van der Waals surface area contributed by atoms with Gasteiger partial charge >= 0.3 is 0 Å². The van der Waals surface area contributed by atoms with E-state index in [0.717, 1.165) is 19.4 Å². The average Bonchev–Trinajstić information content (AvgIpc) is 2.38. The van der Waals surface area contributed by atoms with Crippen molar-refractivity contribution in [2.45, 2.75) is 25.9 Å². The van der Waals surface area contributed by atoms with E-state index in [9.17, 15) is 9.50 Å². The fraction of sp³-hybridized carbons (Fsp3) is 0.500. The third-order valence-electron chi connectivity index (χ3n) is 3.56. The average molecular weight is 248 g/mol. The Kier molecular flexibility index (Phi) is 3.83. The van der Waals surface area contributed by atoms with Crippen molar-refractivity contribution in [1.29, 1.82) is 5.26 Å². The van der Waals surface area contributed by atoms with Crippen LogP contribution in [0.15, 0.2) is 18.2 Å². The Balaban J connectivity index is 2.19. The largest absolute Gasteiger partial charge is 0.393 e. The van der Waals surface area contributed by atoms with Gasteiger partial charge in [0.05, 0.1) is 23.4 Å². The lowest BCUT2D eigenvalue weighted by molar-refractivity contribution is 0.115. The van der Waals surface area contributed by atoms with Crippen molar-refractivity contribution in [2.24, 2.45) is 5.92 Å². The van der Waals surface area contributed by atoms with E-state index < -0.39 is 0 Å². The molecular formula is C14H17FN2O. The summed E-state index contributed by atoms with van der Waals surface area (Å²) in [6.45, 7) is 3.25. The highest BCUT2D eigenvalue weighted by atomic mass is 19.1. The maximum atomic E-state index is 13.9. The van der Waals surface area contributed by atoms with Gasteiger partial charge in [0.1, 0.15) is 5.82 Å². The number of aliphatic hydroxyl groups excluding tert-OH is 1. The number of aliphatic hydroxyl groups is 1. The van der Waals surface area contributed by atoms with Gasteiger partial charge in [-0.25, -0.2) is 4.39 Å². The van der Waals surface area contributed by atoms with Crippen LogP contribution in [0.3, 0.4) is 0 Å². The predicted octanol–water partition coefficient (Wildman–Crippen LogP) is 2.29. The second-order valence-corrected chi connectivity index (χ2v) is 4.87. The van der Waals surface area contributed by atoms with Crippen molar-refractivity contribution in [1.82, 2.24) is 0 Å². The van der Waals surface area contributed by atoms with Gasteiger partial charge in [-0.2, -0.15) is 5.26 Å². The van der Waals surface area contributed by atoms with Gasteiger partial charge in [-0.05, 0) is 38.0 Å². The molecule has 3 nitrogen and oxygen atoms in total. The minimum Gasteiger partial charge on any atom is -0.393 e. The Morgan fingerprint density at radius 3 is 2.94 bits per heavy atom. The first-order valence-electron chi connectivity index (χ1n) is 6.24. The van der Waals surface area contributed by atoms with Crippen molar-refractivity contribution in [3.63, 3.8) is 0 Å². The topological polar surface area (TPSA) is 47.3 Å². The van der Waals surface area contributed by atoms with Crippen LogP contribution in [0.4, 0.5) is 10.1 Å². The molecule has 0 spiro atoms. The summed E-state index contributed by atoms with van der Waals surface area (Å²) in [5.41, 5.74) is 0.861. The van der Waals surface area contributed by atoms with E-state index in [-0.39, 0.29) is 17.8 Å². The minimum atomic E-state index is -0.366. The molecule has 1 heterocycles. The number of rotatable bonds is 2. The summed E-state index contributed by atoms with van der Waals surface area (Å²) in [6.07, 6.45) is 1.57. The molecule has 0 aromatic heterocycles. The van der Waals surface area contributed by atoms with Gasteiger partial charge in [0.2, 0.25) is 0 Å². The number of nitriles is 1. The van der Waals surface area contributed by atoms with Crippen LogP contribution in [0, 0.1) is 23.1 Å². The monoisotopic (exact) mass is 248 g/mol. The standard InChI is InChI=1S/C14H17FN2O/c1-10(18)12-3-2-6-17(9-12)14-5-4-11(8-16)7-13(14)15/h4-5,7,10,12,18H,2-3,6,9H2,1H3. The summed E-state index contributed by atoms with van der Waals surface area (Å²) in [6, 6.07) is 6.47. The number of nitrogens with zero attached hydrogens (tertiary/aromatic N) is 2. The molecular weight excluding hydrogens is 231 g/mol. The highest BCUT2D eigenvalue weighted by Crippen LogP contribution is 2.27. The Morgan fingerprint density at radius 1 is 1.56 bits per heavy atom. The van der Waals surface area contributed by atoms with Crippen LogP contribution in [0.1, 0.15) is 25.3 Å². The zero-order valence-electron chi connectivity index (χ0n) is 10.4. The molecule has 4 heteroatoms. The molecule has 1 aromatic rings. The van der Waals surface area contributed by atoms with E-state index in [4.69, 9.17) is 5.26 Å². The van der Waals surface area contributed by atoms with Crippen LogP contribution in [-0.4, -0.2) is 24.3 Å². The molecule has 2 rings (SSSR count). The van der Waals surface area contributed by atoms with Gasteiger partial charge in [-0.1, -0.05) is 0 Å². The number of benzene rings is 1. The van der Waals surface area contributed by atoms with Gasteiger partial charge in [-0.15, -0.1) is 0 Å². The van der Waals surface area contributed by atoms with Gasteiger partial charge in [0.15, 0.2) is 0 Å². The first kappa shape index (κ1) is 12.8. The maximum Gasteiger partial charge on any atom is 0.147 e. The molecule has 96 valence electrons. The SMILES string of the molecule is CC(O)C1CCCN(c2ccc(C#N)cc2F)C1. The first-order chi connectivity index (χ1) is 8.61. The molecule has 1 aliphatic rings. The van der Waals surface area contributed by atoms with Crippen LogP contribution in [0.2, 0.25) is 0 Å². The van der Waals surface area contributed by atoms with E-state index in [1.165, 1.54) is 6.07 Å². The summed E-state index contributed by atoms with van der Waals surface area (Å²) in [4.78, 5) is 1.96. The van der Waals surface area contributed by atoms with E-state index in [1.54, 1.807) is 19.1 Å². The summed E-state index contributed by atoms with van der Waals surface area (Å²) >= 11 is 0. The Hall–Kier alpha value is -1.60. The third kappa shape index (κ3) is 2.62. The Morgan fingerprint density at radius 2 is 2.33 bits per heavy atom. The molecule has 2 unspecified atom stereocenters. The van der Waals surface area contributed by atoms with Crippen molar-refractivity contribution in [2.75, 3.05) is 18.0 Å². The smallest absolute Gasteiger partial charge is 0.147 e. The second kappa shape index (κ2) is 5.36. The number of hydrogen-bond acceptors (Lipinski definition) is 3. The highest BCUT2D eigenvalue weighted by Gasteiger charge is 2.25. The zero-order chi connectivity index (χ0) is 13.1. The molecule has 18 heavy (non-hydrogen) atoms. The van der Waals surface area contributed by atoms with Gasteiger partial charge < -0.3 is 10.0 Å². The summed E-state index contributed by atoms with van der Waals surface area (Å²) in [7, 11) is 0. The summed E-state index contributed by atoms with van der Waals surface area (Å²) in [5, 5.41) is 18.3. The lowest BCUT2D eigenvalue weighted by Crippen LogP contribution is -2.39. The minimum absolute atomic E-state index is 0.189. The number of piperidine rings is 1. The zero-order valence-corrected chi connectivity index (χ0v) is 10.4. The molecule has 0 amide bonds. The molecule has 0 saturated carbocycles.